The van der Waals surface area contributed by atoms with E-state index in [0.717, 1.165) is 0 Å². The zero-order valence-electron chi connectivity index (χ0n) is 16.3. The second-order valence-corrected chi connectivity index (χ2v) is 7.15. The molecule has 0 fully saturated rings. The molecule has 2 N–H and O–H groups in total. The molecule has 0 saturated heterocycles. The van der Waals surface area contributed by atoms with Gasteiger partial charge in [-0.1, -0.05) is 0 Å². The van der Waals surface area contributed by atoms with E-state index in [4.69, 9.17) is 14.2 Å². The number of aliphatic carboxylic acids is 1. The molecule has 1 aromatic carbocycles. The highest BCUT2D eigenvalue weighted by Gasteiger charge is 2.22. The van der Waals surface area contributed by atoms with E-state index in [2.05, 4.69) is 5.32 Å². The van der Waals surface area contributed by atoms with Crippen LogP contribution in [-0.4, -0.2) is 48.4 Å². The molecule has 0 saturated carbocycles. The number of carbonyl (C=O) groups excluding carboxylic acids is 1. The van der Waals surface area contributed by atoms with Crippen LogP contribution in [0.15, 0.2) is 18.2 Å². The Morgan fingerprint density at radius 2 is 1.85 bits per heavy atom. The van der Waals surface area contributed by atoms with Gasteiger partial charge in [-0.25, -0.2) is 4.79 Å². The lowest BCUT2D eigenvalue weighted by Crippen LogP contribution is -2.42. The first kappa shape index (κ1) is 21.8. The molecule has 0 aliphatic heterocycles. The third kappa shape index (κ3) is 7.31. The molecule has 7 nitrogen and oxygen atoms in total. The van der Waals surface area contributed by atoms with Crippen molar-refractivity contribution in [3.63, 3.8) is 0 Å². The average Bonchev–Trinajstić information content (AvgIpc) is 2.52. The number of rotatable bonds is 9. The SMILES string of the molecule is COc1cc(C(=O)NC(CCOC(C)(C)C)C(=O)O)ccc1OC(C)C. The number of ether oxygens (including phenoxy) is 3. The molecule has 0 heterocycles. The molecule has 0 bridgehead atoms. The van der Waals surface area contributed by atoms with E-state index in [1.54, 1.807) is 12.1 Å². The van der Waals surface area contributed by atoms with Crippen molar-refractivity contribution in [2.45, 2.75) is 58.8 Å². The molecule has 1 amide bonds. The van der Waals surface area contributed by atoms with Crippen molar-refractivity contribution < 1.29 is 28.9 Å². The first-order valence-electron chi connectivity index (χ1n) is 8.56. The summed E-state index contributed by atoms with van der Waals surface area (Å²) in [7, 11) is 1.48. The Hall–Kier alpha value is -2.28. The summed E-state index contributed by atoms with van der Waals surface area (Å²) in [5.74, 6) is -0.674. The predicted molar refractivity (Wildman–Crippen MR) is 98.0 cm³/mol. The topological polar surface area (TPSA) is 94.1 Å². The zero-order valence-corrected chi connectivity index (χ0v) is 16.3. The van der Waals surface area contributed by atoms with E-state index in [1.807, 2.05) is 34.6 Å². The Bertz CT molecular complexity index is 621. The fourth-order valence-corrected chi connectivity index (χ4v) is 2.14. The molecule has 0 spiro atoms. The number of benzene rings is 1. The van der Waals surface area contributed by atoms with Gasteiger partial charge in [-0.05, 0) is 52.8 Å². The van der Waals surface area contributed by atoms with Crippen molar-refractivity contribution >= 4 is 11.9 Å². The highest BCUT2D eigenvalue weighted by Crippen LogP contribution is 2.29. The van der Waals surface area contributed by atoms with Gasteiger partial charge in [-0.3, -0.25) is 4.79 Å². The molecular formula is C19H29NO6. The summed E-state index contributed by atoms with van der Waals surface area (Å²) in [5, 5.41) is 11.8. The molecule has 0 radical (unpaired) electrons. The molecule has 26 heavy (non-hydrogen) atoms. The van der Waals surface area contributed by atoms with Crippen molar-refractivity contribution in [3.05, 3.63) is 23.8 Å². The molecule has 1 atom stereocenters. The van der Waals surface area contributed by atoms with Gasteiger partial charge in [0.1, 0.15) is 6.04 Å². The monoisotopic (exact) mass is 367 g/mol. The number of nitrogens with one attached hydrogen (secondary N) is 1. The van der Waals surface area contributed by atoms with Gasteiger partial charge >= 0.3 is 5.97 Å². The molecule has 0 aromatic heterocycles. The number of hydrogen-bond acceptors (Lipinski definition) is 5. The molecule has 146 valence electrons. The van der Waals surface area contributed by atoms with E-state index in [9.17, 15) is 14.7 Å². The first-order chi connectivity index (χ1) is 12.0. The van der Waals surface area contributed by atoms with Gasteiger partial charge in [0.05, 0.1) is 18.8 Å². The number of carboxylic acids is 1. The fourth-order valence-electron chi connectivity index (χ4n) is 2.14. The zero-order chi connectivity index (χ0) is 19.9. The molecule has 7 heteroatoms. The second-order valence-electron chi connectivity index (χ2n) is 7.15. The van der Waals surface area contributed by atoms with Gasteiger partial charge in [0.2, 0.25) is 0 Å². The van der Waals surface area contributed by atoms with Crippen LogP contribution >= 0.6 is 0 Å². The van der Waals surface area contributed by atoms with E-state index >= 15 is 0 Å². The van der Waals surface area contributed by atoms with Crippen LogP contribution in [0, 0.1) is 0 Å². The van der Waals surface area contributed by atoms with Crippen LogP contribution in [0.3, 0.4) is 0 Å². The Labute approximate surface area is 154 Å². The normalized spacial score (nSPS) is 12.6. The number of methoxy groups -OCH3 is 1. The van der Waals surface area contributed by atoms with Crippen molar-refractivity contribution in [2.24, 2.45) is 0 Å². The fraction of sp³-hybridized carbons (Fsp3) is 0.579. The summed E-state index contributed by atoms with van der Waals surface area (Å²) in [6.45, 7) is 9.65. The van der Waals surface area contributed by atoms with Crippen LogP contribution < -0.4 is 14.8 Å². The van der Waals surface area contributed by atoms with Crippen molar-refractivity contribution in [3.8, 4) is 11.5 Å². The van der Waals surface area contributed by atoms with Crippen molar-refractivity contribution in [1.82, 2.24) is 5.32 Å². The van der Waals surface area contributed by atoms with Crippen LogP contribution in [-0.2, 0) is 9.53 Å². The largest absolute Gasteiger partial charge is 0.493 e. The van der Waals surface area contributed by atoms with Crippen LogP contribution in [0.2, 0.25) is 0 Å². The summed E-state index contributed by atoms with van der Waals surface area (Å²) < 4.78 is 16.4. The standard InChI is InChI=1S/C19H29NO6/c1-12(2)26-15-8-7-13(11-16(15)24-6)17(21)20-14(18(22)23)9-10-25-19(3,4)5/h7-8,11-12,14H,9-10H2,1-6H3,(H,20,21)(H,22,23). The summed E-state index contributed by atoms with van der Waals surface area (Å²) in [4.78, 5) is 23.8. The second kappa shape index (κ2) is 9.43. The van der Waals surface area contributed by atoms with Crippen molar-refractivity contribution in [1.29, 1.82) is 0 Å². The van der Waals surface area contributed by atoms with E-state index < -0.39 is 17.9 Å². The van der Waals surface area contributed by atoms with Gasteiger partial charge in [-0.2, -0.15) is 0 Å². The maximum atomic E-state index is 12.4. The third-order valence-electron chi connectivity index (χ3n) is 3.33. The smallest absolute Gasteiger partial charge is 0.326 e. The Morgan fingerprint density at radius 3 is 2.35 bits per heavy atom. The summed E-state index contributed by atoms with van der Waals surface area (Å²) in [6, 6.07) is 3.69. The number of carbonyl (C=O) groups is 2. The first-order valence-corrected chi connectivity index (χ1v) is 8.56. The minimum Gasteiger partial charge on any atom is -0.493 e. The van der Waals surface area contributed by atoms with Crippen molar-refractivity contribution in [2.75, 3.05) is 13.7 Å². The van der Waals surface area contributed by atoms with Gasteiger partial charge in [0.15, 0.2) is 11.5 Å². The van der Waals surface area contributed by atoms with Gasteiger partial charge < -0.3 is 24.6 Å². The lowest BCUT2D eigenvalue weighted by atomic mass is 10.1. The van der Waals surface area contributed by atoms with Crippen LogP contribution in [0.4, 0.5) is 0 Å². The van der Waals surface area contributed by atoms with Gasteiger partial charge in [-0.15, -0.1) is 0 Å². The van der Waals surface area contributed by atoms with E-state index in [1.165, 1.54) is 13.2 Å². The Balaban J connectivity index is 2.81. The van der Waals surface area contributed by atoms with Crippen LogP contribution in [0.5, 0.6) is 11.5 Å². The molecule has 1 aromatic rings. The molecule has 1 rings (SSSR count). The molecule has 0 aliphatic carbocycles. The predicted octanol–water partition coefficient (Wildman–Crippen LogP) is 2.87. The molecule has 1 unspecified atom stereocenters. The highest BCUT2D eigenvalue weighted by molar-refractivity contribution is 5.97. The minimum absolute atomic E-state index is 0.0391. The van der Waals surface area contributed by atoms with Crippen LogP contribution in [0.1, 0.15) is 51.4 Å². The average molecular weight is 367 g/mol. The lowest BCUT2D eigenvalue weighted by molar-refractivity contribution is -0.140. The quantitative estimate of drug-likeness (QED) is 0.697. The summed E-state index contributed by atoms with van der Waals surface area (Å²) in [6.07, 6.45) is 0.132. The summed E-state index contributed by atoms with van der Waals surface area (Å²) in [5.41, 5.74) is -0.0758. The third-order valence-corrected chi connectivity index (χ3v) is 3.33. The minimum atomic E-state index is -1.11. The van der Waals surface area contributed by atoms with Crippen LogP contribution in [0.25, 0.3) is 0 Å². The van der Waals surface area contributed by atoms with E-state index in [-0.39, 0.29) is 24.7 Å². The number of carboxylic acid groups (broad SMARTS) is 1. The summed E-state index contributed by atoms with van der Waals surface area (Å²) >= 11 is 0. The van der Waals surface area contributed by atoms with E-state index in [0.29, 0.717) is 17.1 Å². The maximum Gasteiger partial charge on any atom is 0.326 e. The lowest BCUT2D eigenvalue weighted by Gasteiger charge is -2.21. The van der Waals surface area contributed by atoms with Gasteiger partial charge in [0.25, 0.3) is 5.91 Å². The van der Waals surface area contributed by atoms with Gasteiger partial charge in [0, 0.05) is 18.6 Å². The maximum absolute atomic E-state index is 12.4. The highest BCUT2D eigenvalue weighted by atomic mass is 16.5. The Morgan fingerprint density at radius 1 is 1.19 bits per heavy atom. The number of hydrogen-bond donors (Lipinski definition) is 2. The Kier molecular flexibility index (Phi) is 7.89. The molecular weight excluding hydrogens is 338 g/mol. The molecule has 0 aliphatic rings. The number of amides is 1.